The number of aromatic nitrogens is 4. The highest BCUT2D eigenvalue weighted by molar-refractivity contribution is 7.99. The van der Waals surface area contributed by atoms with Crippen LogP contribution in [0.4, 0.5) is 4.39 Å². The van der Waals surface area contributed by atoms with E-state index in [1.807, 2.05) is 6.92 Å². The van der Waals surface area contributed by atoms with Crippen molar-refractivity contribution in [2.45, 2.75) is 23.0 Å². The van der Waals surface area contributed by atoms with Gasteiger partial charge in [-0.2, -0.15) is 0 Å². The fraction of sp³-hybridized carbons (Fsp3) is 0.143. The summed E-state index contributed by atoms with van der Waals surface area (Å²) < 4.78 is 19.3. The quantitative estimate of drug-likeness (QED) is 0.437. The van der Waals surface area contributed by atoms with Crippen molar-refractivity contribution < 1.29 is 13.9 Å². The summed E-state index contributed by atoms with van der Waals surface area (Å²) in [6, 6.07) is 9.39. The number of hydrogen-bond donors (Lipinski definition) is 1. The molecule has 1 atom stereocenters. The van der Waals surface area contributed by atoms with Crippen molar-refractivity contribution in [2.75, 3.05) is 6.61 Å². The van der Waals surface area contributed by atoms with Crippen molar-refractivity contribution in [3.05, 3.63) is 71.5 Å². The molecule has 4 aromatic rings. The molecule has 3 aromatic heterocycles. The van der Waals surface area contributed by atoms with E-state index >= 15 is 0 Å². The monoisotopic (exact) mass is 442 g/mol. The first kappa shape index (κ1) is 20.5. The molecule has 152 valence electrons. The van der Waals surface area contributed by atoms with Crippen LogP contribution in [0.15, 0.2) is 69.5 Å². The molecule has 30 heavy (non-hydrogen) atoms. The van der Waals surface area contributed by atoms with Crippen molar-refractivity contribution in [3.8, 4) is 22.8 Å². The molecule has 0 amide bonds. The highest BCUT2D eigenvalue weighted by Crippen LogP contribution is 2.37. The van der Waals surface area contributed by atoms with Crippen molar-refractivity contribution in [2.24, 2.45) is 0 Å². The fourth-order valence-corrected chi connectivity index (χ4v) is 3.49. The van der Waals surface area contributed by atoms with E-state index in [4.69, 9.17) is 16.0 Å². The topological polar surface area (TPSA) is 84.9 Å². The van der Waals surface area contributed by atoms with E-state index in [-0.39, 0.29) is 18.3 Å². The van der Waals surface area contributed by atoms with E-state index in [1.54, 1.807) is 42.9 Å². The van der Waals surface area contributed by atoms with Gasteiger partial charge in [0, 0.05) is 23.9 Å². The molecule has 4 rings (SSSR count). The van der Waals surface area contributed by atoms with Gasteiger partial charge in [0.2, 0.25) is 5.89 Å². The van der Waals surface area contributed by atoms with E-state index < -0.39 is 0 Å². The average Bonchev–Trinajstić information content (AvgIpc) is 3.19. The van der Waals surface area contributed by atoms with Crippen LogP contribution in [0.1, 0.15) is 18.5 Å². The Hall–Kier alpha value is -2.81. The number of oxazole rings is 1. The molecule has 0 saturated carbocycles. The molecule has 3 heterocycles. The molecule has 6 nitrogen and oxygen atoms in total. The van der Waals surface area contributed by atoms with Crippen LogP contribution in [0.5, 0.6) is 0 Å². The molecule has 0 saturated heterocycles. The minimum Gasteiger partial charge on any atom is -0.429 e. The first-order chi connectivity index (χ1) is 14.5. The molecule has 0 aliphatic carbocycles. The molecule has 0 spiro atoms. The second-order valence-electron chi connectivity index (χ2n) is 6.49. The summed E-state index contributed by atoms with van der Waals surface area (Å²) >= 11 is 7.19. The third-order valence-electron chi connectivity index (χ3n) is 4.28. The molecular weight excluding hydrogens is 427 g/mol. The number of pyridine rings is 1. The number of hydrogen-bond acceptors (Lipinski definition) is 7. The lowest BCUT2D eigenvalue weighted by molar-refractivity contribution is 0.271. The van der Waals surface area contributed by atoms with Crippen LogP contribution in [0, 0.1) is 5.82 Å². The van der Waals surface area contributed by atoms with Crippen molar-refractivity contribution in [3.63, 3.8) is 0 Å². The van der Waals surface area contributed by atoms with Gasteiger partial charge in [-0.25, -0.2) is 14.4 Å². The Morgan fingerprint density at radius 1 is 1.07 bits per heavy atom. The second kappa shape index (κ2) is 8.91. The van der Waals surface area contributed by atoms with Crippen LogP contribution < -0.4 is 0 Å². The van der Waals surface area contributed by atoms with Gasteiger partial charge in [-0.15, -0.1) is 0 Å². The lowest BCUT2D eigenvalue weighted by Gasteiger charge is -2.06. The first-order valence-electron chi connectivity index (χ1n) is 9.03. The number of halogens is 2. The van der Waals surface area contributed by atoms with E-state index in [0.717, 1.165) is 0 Å². The zero-order chi connectivity index (χ0) is 21.1. The molecule has 0 aliphatic rings. The Bertz CT molecular complexity index is 1140. The molecule has 0 aliphatic heterocycles. The Balaban J connectivity index is 1.74. The zero-order valence-corrected chi connectivity index (χ0v) is 17.4. The summed E-state index contributed by atoms with van der Waals surface area (Å²) in [5.74, 6) is -0.133. The van der Waals surface area contributed by atoms with Crippen LogP contribution in [0.3, 0.4) is 0 Å². The lowest BCUT2D eigenvalue weighted by atomic mass is 10.1. The number of rotatable bonds is 6. The highest BCUT2D eigenvalue weighted by Gasteiger charge is 2.20. The van der Waals surface area contributed by atoms with E-state index in [9.17, 15) is 9.50 Å². The maximum Gasteiger partial charge on any atom is 0.228 e. The predicted octanol–water partition coefficient (Wildman–Crippen LogP) is 5.23. The Morgan fingerprint density at radius 3 is 2.50 bits per heavy atom. The minimum atomic E-state index is -0.343. The predicted molar refractivity (Wildman–Crippen MR) is 112 cm³/mol. The third kappa shape index (κ3) is 4.51. The van der Waals surface area contributed by atoms with Gasteiger partial charge in [-0.3, -0.25) is 9.97 Å². The van der Waals surface area contributed by atoms with Crippen molar-refractivity contribution in [1.29, 1.82) is 0 Å². The van der Waals surface area contributed by atoms with Gasteiger partial charge < -0.3 is 9.52 Å². The zero-order valence-electron chi connectivity index (χ0n) is 15.8. The number of aliphatic hydroxyl groups excluding tert-OH is 1. The van der Waals surface area contributed by atoms with Gasteiger partial charge in [0.1, 0.15) is 22.2 Å². The Kier molecular flexibility index (Phi) is 6.08. The van der Waals surface area contributed by atoms with E-state index in [1.165, 1.54) is 23.9 Å². The number of nitrogens with zero attached hydrogens (tertiary/aromatic N) is 4. The van der Waals surface area contributed by atoms with Gasteiger partial charge in [-0.1, -0.05) is 18.5 Å². The summed E-state index contributed by atoms with van der Waals surface area (Å²) in [5.41, 5.74) is 2.31. The van der Waals surface area contributed by atoms with Crippen LogP contribution in [0.25, 0.3) is 22.8 Å². The minimum absolute atomic E-state index is 0.0178. The molecule has 9 heteroatoms. The highest BCUT2D eigenvalue weighted by atomic mass is 35.5. The maximum absolute atomic E-state index is 13.3. The largest absolute Gasteiger partial charge is 0.429 e. The summed E-state index contributed by atoms with van der Waals surface area (Å²) in [5, 5.41) is 11.0. The lowest BCUT2D eigenvalue weighted by Crippen LogP contribution is -2.02. The van der Waals surface area contributed by atoms with E-state index in [2.05, 4.69) is 19.9 Å². The van der Waals surface area contributed by atoms with Crippen LogP contribution in [-0.4, -0.2) is 31.6 Å². The van der Waals surface area contributed by atoms with Gasteiger partial charge in [0.25, 0.3) is 0 Å². The number of aliphatic hydroxyl groups is 1. The summed E-state index contributed by atoms with van der Waals surface area (Å²) in [6.45, 7) is 1.84. The van der Waals surface area contributed by atoms with E-state index in [0.29, 0.717) is 43.7 Å². The fourth-order valence-electron chi connectivity index (χ4n) is 2.58. The van der Waals surface area contributed by atoms with Crippen LogP contribution >= 0.6 is 23.4 Å². The molecule has 1 N–H and O–H groups in total. The smallest absolute Gasteiger partial charge is 0.228 e. The van der Waals surface area contributed by atoms with Gasteiger partial charge in [-0.05, 0) is 48.2 Å². The Morgan fingerprint density at radius 2 is 1.87 bits per heavy atom. The third-order valence-corrected chi connectivity index (χ3v) is 5.41. The molecular formula is C21H16ClFN4O2S. The average molecular weight is 443 g/mol. The second-order valence-corrected chi connectivity index (χ2v) is 7.92. The Labute approximate surface area is 181 Å². The molecule has 0 bridgehead atoms. The summed E-state index contributed by atoms with van der Waals surface area (Å²) in [6.07, 6.45) is 4.75. The van der Waals surface area contributed by atoms with Gasteiger partial charge in [0.15, 0.2) is 5.09 Å². The van der Waals surface area contributed by atoms with Crippen molar-refractivity contribution in [1.82, 2.24) is 19.9 Å². The molecule has 1 unspecified atom stereocenters. The standard InChI is InChI=1S/C21H16ClFN4O2S/c1-12(11-28)16-9-25-17(10-24-16)19-21(30-18-7-4-14(22)8-26-18)29-20(27-19)13-2-5-15(23)6-3-13/h2-10,12,28H,11H2,1H3. The van der Waals surface area contributed by atoms with Crippen molar-refractivity contribution >= 4 is 23.4 Å². The normalized spacial score (nSPS) is 12.1. The van der Waals surface area contributed by atoms with Gasteiger partial charge >= 0.3 is 0 Å². The first-order valence-corrected chi connectivity index (χ1v) is 10.2. The number of benzene rings is 1. The summed E-state index contributed by atoms with van der Waals surface area (Å²) in [4.78, 5) is 17.7. The maximum atomic E-state index is 13.3. The molecule has 0 fully saturated rings. The molecule has 0 radical (unpaired) electrons. The van der Waals surface area contributed by atoms with Crippen LogP contribution in [-0.2, 0) is 0 Å². The summed E-state index contributed by atoms with van der Waals surface area (Å²) in [7, 11) is 0. The van der Waals surface area contributed by atoms with Crippen LogP contribution in [0.2, 0.25) is 5.02 Å². The SMILES string of the molecule is CC(CO)c1cnc(-c2nc(-c3ccc(F)cc3)oc2Sc2ccc(Cl)cn2)cn1. The molecule has 1 aromatic carbocycles. The van der Waals surface area contributed by atoms with Gasteiger partial charge in [0.05, 0.1) is 23.5 Å².